The Morgan fingerprint density at radius 2 is 1.92 bits per heavy atom. The molecule has 134 valence electrons. The van der Waals surface area contributed by atoms with Gasteiger partial charge in [0.2, 0.25) is 0 Å². The molecule has 1 aromatic heterocycles. The van der Waals surface area contributed by atoms with Gasteiger partial charge in [-0.1, -0.05) is 11.6 Å². The number of hydrogen-bond acceptors (Lipinski definition) is 4. The summed E-state index contributed by atoms with van der Waals surface area (Å²) >= 11 is 6.03. The predicted octanol–water partition coefficient (Wildman–Crippen LogP) is 5.13. The molecule has 0 bridgehead atoms. The largest absolute Gasteiger partial charge is 0.443 e. The van der Waals surface area contributed by atoms with Gasteiger partial charge in [0.1, 0.15) is 11.4 Å². The SMILES string of the molecule is CN(C(=O)OC(C)(C)C)c1cc(F)c(F)cc1Nc1ncccc1Cl. The van der Waals surface area contributed by atoms with E-state index < -0.39 is 23.3 Å². The van der Waals surface area contributed by atoms with E-state index in [0.29, 0.717) is 0 Å². The summed E-state index contributed by atoms with van der Waals surface area (Å²) in [5, 5.41) is 3.10. The van der Waals surface area contributed by atoms with E-state index in [9.17, 15) is 13.6 Å². The number of nitrogens with zero attached hydrogens (tertiary/aromatic N) is 2. The first-order valence-electron chi connectivity index (χ1n) is 7.42. The van der Waals surface area contributed by atoms with Crippen LogP contribution in [0.4, 0.5) is 30.8 Å². The summed E-state index contributed by atoms with van der Waals surface area (Å²) < 4.78 is 32.7. The molecule has 2 aromatic rings. The van der Waals surface area contributed by atoms with Crippen LogP contribution in [0.2, 0.25) is 5.02 Å². The molecule has 0 aliphatic carbocycles. The zero-order valence-corrected chi connectivity index (χ0v) is 15.0. The fourth-order valence-electron chi connectivity index (χ4n) is 1.95. The molecule has 0 aliphatic heterocycles. The summed E-state index contributed by atoms with van der Waals surface area (Å²) in [4.78, 5) is 17.4. The van der Waals surface area contributed by atoms with Gasteiger partial charge in [-0.2, -0.15) is 0 Å². The summed E-state index contributed by atoms with van der Waals surface area (Å²) in [5.41, 5.74) is -0.537. The fourth-order valence-corrected chi connectivity index (χ4v) is 2.12. The maximum atomic E-state index is 13.7. The van der Waals surface area contributed by atoms with Gasteiger partial charge < -0.3 is 10.1 Å². The molecular formula is C17H18ClF2N3O2. The highest BCUT2D eigenvalue weighted by atomic mass is 35.5. The zero-order valence-electron chi connectivity index (χ0n) is 14.2. The monoisotopic (exact) mass is 369 g/mol. The third kappa shape index (κ3) is 4.79. The number of pyridine rings is 1. The summed E-state index contributed by atoms with van der Waals surface area (Å²) in [5.74, 6) is -1.92. The van der Waals surface area contributed by atoms with Crippen LogP contribution in [0, 0.1) is 11.6 Å². The van der Waals surface area contributed by atoms with E-state index in [2.05, 4.69) is 10.3 Å². The van der Waals surface area contributed by atoms with E-state index in [0.717, 1.165) is 17.0 Å². The van der Waals surface area contributed by atoms with Crippen LogP contribution < -0.4 is 10.2 Å². The van der Waals surface area contributed by atoms with Crippen LogP contribution in [0.15, 0.2) is 30.5 Å². The molecule has 0 saturated heterocycles. The van der Waals surface area contributed by atoms with Gasteiger partial charge in [-0.25, -0.2) is 18.6 Å². The van der Waals surface area contributed by atoms with E-state index in [1.807, 2.05) is 0 Å². The Bertz CT molecular complexity index is 794. The smallest absolute Gasteiger partial charge is 0.414 e. The first kappa shape index (κ1) is 18.9. The standard InChI is InChI=1S/C17H18ClF2N3O2/c1-17(2,3)25-16(24)23(4)14-9-12(20)11(19)8-13(14)22-15-10(18)6-5-7-21-15/h5-9H,1-4H3,(H,21,22). The van der Waals surface area contributed by atoms with Gasteiger partial charge in [0.15, 0.2) is 11.6 Å². The quantitative estimate of drug-likeness (QED) is 0.815. The number of aromatic nitrogens is 1. The van der Waals surface area contributed by atoms with Gasteiger partial charge in [0, 0.05) is 25.4 Å². The van der Waals surface area contributed by atoms with Crippen molar-refractivity contribution in [3.05, 3.63) is 47.1 Å². The maximum absolute atomic E-state index is 13.7. The summed E-state index contributed by atoms with van der Waals surface area (Å²) in [7, 11) is 1.39. The number of ether oxygens (including phenoxy) is 1. The van der Waals surface area contributed by atoms with E-state index in [-0.39, 0.29) is 22.2 Å². The third-order valence-corrected chi connectivity index (χ3v) is 3.38. The van der Waals surface area contributed by atoms with Crippen molar-refractivity contribution in [2.45, 2.75) is 26.4 Å². The summed E-state index contributed by atoms with van der Waals surface area (Å²) in [6, 6.07) is 5.05. The second kappa shape index (κ2) is 7.23. The molecule has 0 fully saturated rings. The fraction of sp³-hybridized carbons (Fsp3) is 0.294. The Morgan fingerprint density at radius 3 is 2.52 bits per heavy atom. The van der Waals surface area contributed by atoms with Crippen molar-refractivity contribution < 1.29 is 18.3 Å². The first-order chi connectivity index (χ1) is 11.6. The number of nitrogens with one attached hydrogen (secondary N) is 1. The molecule has 25 heavy (non-hydrogen) atoms. The van der Waals surface area contributed by atoms with Gasteiger partial charge in [0.25, 0.3) is 0 Å². The molecule has 1 aromatic carbocycles. The van der Waals surface area contributed by atoms with Crippen molar-refractivity contribution in [2.24, 2.45) is 0 Å². The van der Waals surface area contributed by atoms with Crippen LogP contribution in [0.1, 0.15) is 20.8 Å². The Morgan fingerprint density at radius 1 is 1.28 bits per heavy atom. The average molecular weight is 370 g/mol. The molecule has 0 atom stereocenters. The van der Waals surface area contributed by atoms with E-state index in [1.165, 1.54) is 13.2 Å². The van der Waals surface area contributed by atoms with Crippen LogP contribution >= 0.6 is 11.6 Å². The molecule has 2 rings (SSSR count). The normalized spacial score (nSPS) is 11.2. The highest BCUT2D eigenvalue weighted by Gasteiger charge is 2.24. The van der Waals surface area contributed by atoms with Crippen molar-refractivity contribution >= 4 is 34.9 Å². The highest BCUT2D eigenvalue weighted by molar-refractivity contribution is 6.33. The van der Waals surface area contributed by atoms with Crippen molar-refractivity contribution in [2.75, 3.05) is 17.3 Å². The summed E-state index contributed by atoms with van der Waals surface area (Å²) in [6.07, 6.45) is 0.777. The van der Waals surface area contributed by atoms with Crippen LogP contribution in [-0.4, -0.2) is 23.7 Å². The number of carbonyl (C=O) groups is 1. The molecule has 1 N–H and O–H groups in total. The van der Waals surface area contributed by atoms with Crippen molar-refractivity contribution in [1.82, 2.24) is 4.98 Å². The lowest BCUT2D eigenvalue weighted by molar-refractivity contribution is 0.0589. The van der Waals surface area contributed by atoms with Gasteiger partial charge >= 0.3 is 6.09 Å². The number of rotatable bonds is 3. The Hall–Kier alpha value is -2.41. The average Bonchev–Trinajstić information content (AvgIpc) is 2.50. The van der Waals surface area contributed by atoms with Crippen LogP contribution in [0.3, 0.4) is 0 Å². The molecule has 0 spiro atoms. The molecule has 1 amide bonds. The van der Waals surface area contributed by atoms with Gasteiger partial charge in [0.05, 0.1) is 16.4 Å². The number of amides is 1. The minimum atomic E-state index is -1.09. The minimum Gasteiger partial charge on any atom is -0.443 e. The number of hydrogen-bond donors (Lipinski definition) is 1. The van der Waals surface area contributed by atoms with E-state index in [1.54, 1.807) is 32.9 Å². The predicted molar refractivity (Wildman–Crippen MR) is 93.5 cm³/mol. The number of benzene rings is 1. The van der Waals surface area contributed by atoms with Gasteiger partial charge in [-0.15, -0.1) is 0 Å². The summed E-state index contributed by atoms with van der Waals surface area (Å²) in [6.45, 7) is 5.12. The topological polar surface area (TPSA) is 54.5 Å². The number of carbonyl (C=O) groups excluding carboxylic acids is 1. The molecule has 0 aliphatic rings. The van der Waals surface area contributed by atoms with Crippen LogP contribution in [-0.2, 0) is 4.74 Å². The Kier molecular flexibility index (Phi) is 5.47. The molecule has 8 heteroatoms. The lowest BCUT2D eigenvalue weighted by atomic mass is 10.2. The van der Waals surface area contributed by atoms with Gasteiger partial charge in [-0.3, -0.25) is 4.90 Å². The van der Waals surface area contributed by atoms with Gasteiger partial charge in [-0.05, 0) is 32.9 Å². The molecule has 0 radical (unpaired) electrons. The Labute approximate surface area is 149 Å². The molecular weight excluding hydrogens is 352 g/mol. The number of anilines is 3. The van der Waals surface area contributed by atoms with Crippen LogP contribution in [0.25, 0.3) is 0 Å². The second-order valence-corrected chi connectivity index (χ2v) is 6.69. The lowest BCUT2D eigenvalue weighted by Crippen LogP contribution is -2.34. The Balaban J connectivity index is 2.41. The lowest BCUT2D eigenvalue weighted by Gasteiger charge is -2.26. The highest BCUT2D eigenvalue weighted by Crippen LogP contribution is 2.33. The first-order valence-corrected chi connectivity index (χ1v) is 7.79. The minimum absolute atomic E-state index is 0.0786. The van der Waals surface area contributed by atoms with Crippen molar-refractivity contribution in [3.63, 3.8) is 0 Å². The third-order valence-electron chi connectivity index (χ3n) is 3.08. The van der Waals surface area contributed by atoms with Crippen LogP contribution in [0.5, 0.6) is 0 Å². The number of halogens is 3. The molecule has 1 heterocycles. The van der Waals surface area contributed by atoms with E-state index >= 15 is 0 Å². The van der Waals surface area contributed by atoms with Crippen molar-refractivity contribution in [3.8, 4) is 0 Å². The van der Waals surface area contributed by atoms with E-state index in [4.69, 9.17) is 16.3 Å². The zero-order chi connectivity index (χ0) is 18.8. The second-order valence-electron chi connectivity index (χ2n) is 6.28. The van der Waals surface area contributed by atoms with Crippen molar-refractivity contribution in [1.29, 1.82) is 0 Å². The molecule has 5 nitrogen and oxygen atoms in total. The molecule has 0 saturated carbocycles. The molecule has 0 unspecified atom stereocenters. The maximum Gasteiger partial charge on any atom is 0.414 e.